The Morgan fingerprint density at radius 1 is 1.18 bits per heavy atom. The molecule has 2 aromatic carbocycles. The van der Waals surface area contributed by atoms with Gasteiger partial charge in [0.2, 0.25) is 0 Å². The van der Waals surface area contributed by atoms with Gasteiger partial charge in [0, 0.05) is 12.1 Å². The molecule has 1 aromatic heterocycles. The maximum Gasteiger partial charge on any atom is 0.344 e. The van der Waals surface area contributed by atoms with Crippen molar-refractivity contribution in [3.8, 4) is 5.75 Å². The predicted molar refractivity (Wildman–Crippen MR) is 109 cm³/mol. The summed E-state index contributed by atoms with van der Waals surface area (Å²) in [5, 5.41) is 1.33. The van der Waals surface area contributed by atoms with Crippen LogP contribution in [0, 0.1) is 0 Å². The number of fused-ring (bicyclic) bond motifs is 1. The smallest absolute Gasteiger partial charge is 0.344 e. The minimum absolute atomic E-state index is 0.230. The second-order valence-corrected chi connectivity index (χ2v) is 7.61. The van der Waals surface area contributed by atoms with E-state index in [0.29, 0.717) is 10.8 Å². The first-order chi connectivity index (χ1) is 13.4. The van der Waals surface area contributed by atoms with Crippen molar-refractivity contribution in [1.82, 2.24) is 9.88 Å². The summed E-state index contributed by atoms with van der Waals surface area (Å²) in [4.78, 5) is 30.3. The molecule has 0 fully saturated rings. The SMILES string of the molecule is C[C@H](c1nc2ccccc2s1)N(C)C(=O)COC(=O)COc1cccc(Cl)c1. The molecule has 0 unspecified atom stereocenters. The van der Waals surface area contributed by atoms with E-state index in [1.807, 2.05) is 31.2 Å². The molecule has 1 amide bonds. The van der Waals surface area contributed by atoms with E-state index >= 15 is 0 Å². The Balaban J connectivity index is 1.49. The van der Waals surface area contributed by atoms with Gasteiger partial charge in [0.1, 0.15) is 10.8 Å². The first kappa shape index (κ1) is 20.1. The number of thiazole rings is 1. The third kappa shape index (κ3) is 4.99. The lowest BCUT2D eigenvalue weighted by molar-refractivity contribution is -0.153. The van der Waals surface area contributed by atoms with Gasteiger partial charge in [-0.05, 0) is 37.3 Å². The third-order valence-corrected chi connectivity index (χ3v) is 5.59. The van der Waals surface area contributed by atoms with Crippen LogP contribution in [0.4, 0.5) is 0 Å². The number of halogens is 1. The number of likely N-dealkylation sites (N-methyl/N-ethyl adjacent to an activating group) is 1. The summed E-state index contributed by atoms with van der Waals surface area (Å²) in [6, 6.07) is 14.3. The number of rotatable bonds is 7. The van der Waals surface area contributed by atoms with Crippen LogP contribution in [0.25, 0.3) is 10.2 Å². The lowest BCUT2D eigenvalue weighted by Gasteiger charge is -2.23. The molecule has 3 aromatic rings. The van der Waals surface area contributed by atoms with Gasteiger partial charge in [0.25, 0.3) is 5.91 Å². The molecule has 0 aliphatic rings. The van der Waals surface area contributed by atoms with Crippen LogP contribution >= 0.6 is 22.9 Å². The van der Waals surface area contributed by atoms with E-state index in [4.69, 9.17) is 21.1 Å². The number of carbonyl (C=O) groups is 2. The molecule has 8 heteroatoms. The molecule has 0 bridgehead atoms. The van der Waals surface area contributed by atoms with Gasteiger partial charge < -0.3 is 14.4 Å². The van der Waals surface area contributed by atoms with E-state index in [0.717, 1.165) is 15.2 Å². The molecule has 0 aliphatic heterocycles. The highest BCUT2D eigenvalue weighted by Gasteiger charge is 2.21. The molecule has 1 atom stereocenters. The highest BCUT2D eigenvalue weighted by Crippen LogP contribution is 2.28. The van der Waals surface area contributed by atoms with Gasteiger partial charge in [-0.3, -0.25) is 4.79 Å². The fraction of sp³-hybridized carbons (Fsp3) is 0.250. The van der Waals surface area contributed by atoms with E-state index in [9.17, 15) is 9.59 Å². The van der Waals surface area contributed by atoms with Gasteiger partial charge >= 0.3 is 5.97 Å². The van der Waals surface area contributed by atoms with Gasteiger partial charge in [-0.2, -0.15) is 0 Å². The molecular weight excluding hydrogens is 400 g/mol. The van der Waals surface area contributed by atoms with Crippen molar-refractivity contribution in [3.05, 3.63) is 58.6 Å². The lowest BCUT2D eigenvalue weighted by Crippen LogP contribution is -2.34. The highest BCUT2D eigenvalue weighted by molar-refractivity contribution is 7.18. The number of carbonyl (C=O) groups excluding carboxylic acids is 2. The first-order valence-electron chi connectivity index (χ1n) is 8.59. The van der Waals surface area contributed by atoms with Crippen LogP contribution in [0.3, 0.4) is 0 Å². The van der Waals surface area contributed by atoms with Crippen molar-refractivity contribution in [2.45, 2.75) is 13.0 Å². The van der Waals surface area contributed by atoms with E-state index in [1.165, 1.54) is 16.2 Å². The molecule has 0 saturated carbocycles. The Morgan fingerprint density at radius 2 is 1.96 bits per heavy atom. The summed E-state index contributed by atoms with van der Waals surface area (Å²) >= 11 is 7.39. The van der Waals surface area contributed by atoms with Crippen molar-refractivity contribution < 1.29 is 19.1 Å². The van der Waals surface area contributed by atoms with E-state index in [-0.39, 0.29) is 25.2 Å². The van der Waals surface area contributed by atoms with Crippen molar-refractivity contribution in [2.75, 3.05) is 20.3 Å². The van der Waals surface area contributed by atoms with Gasteiger partial charge in [0.15, 0.2) is 13.2 Å². The number of benzene rings is 2. The van der Waals surface area contributed by atoms with Crippen LogP contribution < -0.4 is 4.74 Å². The molecule has 0 aliphatic carbocycles. The summed E-state index contributed by atoms with van der Waals surface area (Å²) in [5.41, 5.74) is 0.903. The molecule has 0 radical (unpaired) electrons. The topological polar surface area (TPSA) is 68.7 Å². The molecule has 146 valence electrons. The molecule has 0 saturated heterocycles. The van der Waals surface area contributed by atoms with Gasteiger partial charge in [-0.1, -0.05) is 29.8 Å². The Bertz CT molecular complexity index is 958. The number of esters is 1. The van der Waals surface area contributed by atoms with E-state index in [1.54, 1.807) is 31.3 Å². The second kappa shape index (κ2) is 9.03. The Kier molecular flexibility index (Phi) is 6.49. The number of nitrogens with zero attached hydrogens (tertiary/aromatic N) is 2. The maximum absolute atomic E-state index is 12.4. The third-order valence-electron chi connectivity index (χ3n) is 4.15. The Hall–Kier alpha value is -2.64. The van der Waals surface area contributed by atoms with Crippen LogP contribution in [0.15, 0.2) is 48.5 Å². The van der Waals surface area contributed by atoms with Gasteiger partial charge in [-0.25, -0.2) is 9.78 Å². The zero-order valence-corrected chi connectivity index (χ0v) is 17.0. The number of amides is 1. The number of para-hydroxylation sites is 1. The van der Waals surface area contributed by atoms with Crippen molar-refractivity contribution >= 4 is 45.0 Å². The molecule has 3 rings (SSSR count). The molecule has 28 heavy (non-hydrogen) atoms. The second-order valence-electron chi connectivity index (χ2n) is 6.11. The van der Waals surface area contributed by atoms with E-state index < -0.39 is 5.97 Å². The van der Waals surface area contributed by atoms with Crippen molar-refractivity contribution in [1.29, 1.82) is 0 Å². The predicted octanol–water partition coefficient (Wildman–Crippen LogP) is 4.09. The quantitative estimate of drug-likeness (QED) is 0.540. The van der Waals surface area contributed by atoms with Crippen molar-refractivity contribution in [3.63, 3.8) is 0 Å². The molecule has 1 heterocycles. The fourth-order valence-corrected chi connectivity index (χ4v) is 3.68. The number of hydrogen-bond donors (Lipinski definition) is 0. The average Bonchev–Trinajstić information content (AvgIpc) is 3.13. The summed E-state index contributed by atoms with van der Waals surface area (Å²) in [7, 11) is 1.66. The number of aromatic nitrogens is 1. The average molecular weight is 419 g/mol. The molecule has 0 spiro atoms. The monoisotopic (exact) mass is 418 g/mol. The normalized spacial score (nSPS) is 11.8. The van der Waals surface area contributed by atoms with Crippen molar-refractivity contribution in [2.24, 2.45) is 0 Å². The van der Waals surface area contributed by atoms with Gasteiger partial charge in [0.05, 0.1) is 16.3 Å². The van der Waals surface area contributed by atoms with E-state index in [2.05, 4.69) is 4.98 Å². The summed E-state index contributed by atoms with van der Waals surface area (Å²) in [5.74, 6) is -0.491. The van der Waals surface area contributed by atoms with Crippen LogP contribution in [-0.4, -0.2) is 42.0 Å². The maximum atomic E-state index is 12.4. The summed E-state index contributed by atoms with van der Waals surface area (Å²) in [6.07, 6.45) is 0. The zero-order valence-electron chi connectivity index (χ0n) is 15.4. The Morgan fingerprint density at radius 3 is 2.71 bits per heavy atom. The highest BCUT2D eigenvalue weighted by atomic mass is 35.5. The molecule has 6 nitrogen and oxygen atoms in total. The van der Waals surface area contributed by atoms with Crippen LogP contribution in [-0.2, 0) is 14.3 Å². The molecular formula is C20H19ClN2O4S. The standard InChI is InChI=1S/C20H19ClN2O4S/c1-13(20-22-16-8-3-4-9-17(16)28-20)23(2)18(24)11-27-19(25)12-26-15-7-5-6-14(21)10-15/h3-10,13H,11-12H2,1-2H3/t13-/m1/s1. The van der Waals surface area contributed by atoms with Crippen LogP contribution in [0.1, 0.15) is 18.0 Å². The Labute approximate surface area is 171 Å². The number of hydrogen-bond acceptors (Lipinski definition) is 6. The fourth-order valence-electron chi connectivity index (χ4n) is 2.44. The minimum atomic E-state index is -0.630. The minimum Gasteiger partial charge on any atom is -0.482 e. The van der Waals surface area contributed by atoms with Gasteiger partial charge in [-0.15, -0.1) is 11.3 Å². The number of ether oxygens (including phenoxy) is 2. The zero-order chi connectivity index (χ0) is 20.1. The first-order valence-corrected chi connectivity index (χ1v) is 9.78. The van der Waals surface area contributed by atoms with Crippen LogP contribution in [0.5, 0.6) is 5.75 Å². The lowest BCUT2D eigenvalue weighted by atomic mass is 10.3. The molecule has 0 N–H and O–H groups in total. The summed E-state index contributed by atoms with van der Waals surface area (Å²) < 4.78 is 11.4. The largest absolute Gasteiger partial charge is 0.482 e. The summed E-state index contributed by atoms with van der Waals surface area (Å²) in [6.45, 7) is 1.23. The van der Waals surface area contributed by atoms with Crippen LogP contribution in [0.2, 0.25) is 5.02 Å².